The molecule has 0 saturated heterocycles. The van der Waals surface area contributed by atoms with Crippen LogP contribution in [0.25, 0.3) is 0 Å². The van der Waals surface area contributed by atoms with E-state index in [0.29, 0.717) is 15.6 Å². The summed E-state index contributed by atoms with van der Waals surface area (Å²) in [5, 5.41) is 8.86. The van der Waals surface area contributed by atoms with Crippen molar-refractivity contribution in [3.8, 4) is 0 Å². The van der Waals surface area contributed by atoms with Crippen LogP contribution in [-0.4, -0.2) is 11.0 Å². The van der Waals surface area contributed by atoms with Crippen LogP contribution in [0, 0.1) is 0 Å². The predicted octanol–water partition coefficient (Wildman–Crippen LogP) is 1.04. The highest BCUT2D eigenvalue weighted by atomic mass is 79.9. The van der Waals surface area contributed by atoms with Gasteiger partial charge in [-0.3, -0.25) is 4.79 Å². The SMILES string of the molecule is NC(=O)c1c(Br)cccc1CO. The minimum Gasteiger partial charge on any atom is -0.392 e. The van der Waals surface area contributed by atoms with Crippen molar-refractivity contribution in [1.29, 1.82) is 0 Å². The van der Waals surface area contributed by atoms with Gasteiger partial charge >= 0.3 is 0 Å². The van der Waals surface area contributed by atoms with Crippen molar-refractivity contribution >= 4 is 21.8 Å². The fraction of sp³-hybridized carbons (Fsp3) is 0.125. The number of hydrogen-bond donors (Lipinski definition) is 2. The van der Waals surface area contributed by atoms with E-state index in [1.165, 1.54) is 0 Å². The predicted molar refractivity (Wildman–Crippen MR) is 48.6 cm³/mol. The lowest BCUT2D eigenvalue weighted by Crippen LogP contribution is -2.14. The molecule has 1 amide bonds. The standard InChI is InChI=1S/C8H8BrNO2/c9-6-3-1-2-5(4-11)7(6)8(10)12/h1-3,11H,4H2,(H2,10,12). The van der Waals surface area contributed by atoms with E-state index in [2.05, 4.69) is 15.9 Å². The lowest BCUT2D eigenvalue weighted by Gasteiger charge is -2.04. The summed E-state index contributed by atoms with van der Waals surface area (Å²) in [4.78, 5) is 10.9. The first kappa shape index (κ1) is 9.22. The van der Waals surface area contributed by atoms with E-state index in [0.717, 1.165) is 0 Å². The molecule has 0 spiro atoms. The van der Waals surface area contributed by atoms with Gasteiger partial charge in [0.25, 0.3) is 0 Å². The third-order valence-corrected chi connectivity index (χ3v) is 2.18. The number of hydrogen-bond acceptors (Lipinski definition) is 2. The first-order chi connectivity index (χ1) is 5.66. The summed E-state index contributed by atoms with van der Waals surface area (Å²) in [6.07, 6.45) is 0. The fourth-order valence-corrected chi connectivity index (χ4v) is 1.58. The second-order valence-corrected chi connectivity index (χ2v) is 3.15. The Kier molecular flexibility index (Phi) is 2.83. The molecule has 0 aliphatic carbocycles. The Hall–Kier alpha value is -0.870. The van der Waals surface area contributed by atoms with Crippen LogP contribution >= 0.6 is 15.9 Å². The van der Waals surface area contributed by atoms with E-state index in [-0.39, 0.29) is 6.61 Å². The van der Waals surface area contributed by atoms with Gasteiger partial charge in [-0.1, -0.05) is 12.1 Å². The van der Waals surface area contributed by atoms with Crippen molar-refractivity contribution in [1.82, 2.24) is 0 Å². The van der Waals surface area contributed by atoms with Crippen LogP contribution in [0.1, 0.15) is 15.9 Å². The summed E-state index contributed by atoms with van der Waals surface area (Å²) in [6, 6.07) is 5.10. The molecule has 12 heavy (non-hydrogen) atoms. The van der Waals surface area contributed by atoms with Gasteiger partial charge in [-0.2, -0.15) is 0 Å². The van der Waals surface area contributed by atoms with Crippen molar-refractivity contribution in [2.24, 2.45) is 5.73 Å². The van der Waals surface area contributed by atoms with E-state index in [9.17, 15) is 4.79 Å². The number of benzene rings is 1. The molecule has 0 fully saturated rings. The van der Waals surface area contributed by atoms with E-state index in [1.54, 1.807) is 18.2 Å². The summed E-state index contributed by atoms with van der Waals surface area (Å²) in [6.45, 7) is -0.183. The molecular formula is C8H8BrNO2. The van der Waals surface area contributed by atoms with Gasteiger partial charge in [0.2, 0.25) is 5.91 Å². The Morgan fingerprint density at radius 3 is 2.67 bits per heavy atom. The molecule has 3 N–H and O–H groups in total. The Bertz CT molecular complexity index is 312. The van der Waals surface area contributed by atoms with Crippen molar-refractivity contribution in [2.75, 3.05) is 0 Å². The van der Waals surface area contributed by atoms with E-state index >= 15 is 0 Å². The zero-order chi connectivity index (χ0) is 9.14. The molecule has 3 nitrogen and oxygen atoms in total. The van der Waals surface area contributed by atoms with Gasteiger partial charge in [-0.05, 0) is 27.6 Å². The monoisotopic (exact) mass is 229 g/mol. The first-order valence-electron chi connectivity index (χ1n) is 3.35. The molecule has 1 rings (SSSR count). The normalized spacial score (nSPS) is 9.83. The largest absolute Gasteiger partial charge is 0.392 e. The van der Waals surface area contributed by atoms with Crippen LogP contribution in [0.2, 0.25) is 0 Å². The summed E-state index contributed by atoms with van der Waals surface area (Å²) in [7, 11) is 0. The lowest BCUT2D eigenvalue weighted by atomic mass is 10.1. The van der Waals surface area contributed by atoms with Crippen LogP contribution < -0.4 is 5.73 Å². The third kappa shape index (κ3) is 1.65. The average molecular weight is 230 g/mol. The average Bonchev–Trinajstić information content (AvgIpc) is 2.03. The Morgan fingerprint density at radius 1 is 1.58 bits per heavy atom. The molecule has 0 atom stereocenters. The zero-order valence-corrected chi connectivity index (χ0v) is 7.84. The number of carbonyl (C=O) groups is 1. The van der Waals surface area contributed by atoms with Crippen LogP contribution in [0.5, 0.6) is 0 Å². The van der Waals surface area contributed by atoms with Crippen molar-refractivity contribution in [2.45, 2.75) is 6.61 Å². The maximum Gasteiger partial charge on any atom is 0.250 e. The number of amides is 1. The van der Waals surface area contributed by atoms with E-state index < -0.39 is 5.91 Å². The number of carbonyl (C=O) groups excluding carboxylic acids is 1. The number of halogens is 1. The molecule has 1 aromatic carbocycles. The minimum atomic E-state index is -0.536. The molecule has 4 heteroatoms. The second-order valence-electron chi connectivity index (χ2n) is 2.30. The maximum absolute atomic E-state index is 10.9. The molecular weight excluding hydrogens is 222 g/mol. The number of nitrogens with two attached hydrogens (primary N) is 1. The summed E-state index contributed by atoms with van der Waals surface area (Å²) in [5.74, 6) is -0.536. The van der Waals surface area contributed by atoms with Crippen molar-refractivity contribution in [3.05, 3.63) is 33.8 Å². The van der Waals surface area contributed by atoms with Gasteiger partial charge < -0.3 is 10.8 Å². The first-order valence-corrected chi connectivity index (χ1v) is 4.14. The molecule has 1 aromatic rings. The van der Waals surface area contributed by atoms with Crippen LogP contribution in [0.4, 0.5) is 0 Å². The maximum atomic E-state index is 10.9. The number of rotatable bonds is 2. The number of primary amides is 1. The molecule has 0 bridgehead atoms. The van der Waals surface area contributed by atoms with Gasteiger partial charge in [-0.15, -0.1) is 0 Å². The van der Waals surface area contributed by atoms with Gasteiger partial charge in [0.15, 0.2) is 0 Å². The van der Waals surface area contributed by atoms with Crippen molar-refractivity contribution < 1.29 is 9.90 Å². The van der Waals surface area contributed by atoms with Crippen LogP contribution in [-0.2, 0) is 6.61 Å². The molecule has 0 radical (unpaired) electrons. The minimum absolute atomic E-state index is 0.183. The molecule has 0 aliphatic heterocycles. The van der Waals surface area contributed by atoms with Crippen LogP contribution in [0.15, 0.2) is 22.7 Å². The Labute approximate surface area is 78.3 Å². The van der Waals surface area contributed by atoms with Gasteiger partial charge in [-0.25, -0.2) is 0 Å². The molecule has 0 unspecified atom stereocenters. The quantitative estimate of drug-likeness (QED) is 0.797. The molecule has 0 aliphatic rings. The van der Waals surface area contributed by atoms with Gasteiger partial charge in [0.05, 0.1) is 12.2 Å². The smallest absolute Gasteiger partial charge is 0.250 e. The Morgan fingerprint density at radius 2 is 2.25 bits per heavy atom. The second kappa shape index (κ2) is 3.69. The highest BCUT2D eigenvalue weighted by Gasteiger charge is 2.10. The summed E-state index contributed by atoms with van der Waals surface area (Å²) >= 11 is 3.18. The topological polar surface area (TPSA) is 63.3 Å². The summed E-state index contributed by atoms with van der Waals surface area (Å²) < 4.78 is 0.613. The number of aliphatic hydroxyl groups excluding tert-OH is 1. The Balaban J connectivity index is 3.29. The third-order valence-electron chi connectivity index (χ3n) is 1.52. The zero-order valence-electron chi connectivity index (χ0n) is 6.25. The highest BCUT2D eigenvalue weighted by Crippen LogP contribution is 2.19. The number of aliphatic hydroxyl groups is 1. The van der Waals surface area contributed by atoms with E-state index in [4.69, 9.17) is 10.8 Å². The van der Waals surface area contributed by atoms with Gasteiger partial charge in [0, 0.05) is 4.47 Å². The molecule has 0 heterocycles. The fourth-order valence-electron chi connectivity index (χ4n) is 0.976. The summed E-state index contributed by atoms with van der Waals surface area (Å²) in [5.41, 5.74) is 6.00. The van der Waals surface area contributed by atoms with E-state index in [1.807, 2.05) is 0 Å². The molecule has 0 aromatic heterocycles. The lowest BCUT2D eigenvalue weighted by molar-refractivity contribution is 0.0996. The molecule has 64 valence electrons. The van der Waals surface area contributed by atoms with Crippen molar-refractivity contribution in [3.63, 3.8) is 0 Å². The van der Waals surface area contributed by atoms with Crippen LogP contribution in [0.3, 0.4) is 0 Å². The highest BCUT2D eigenvalue weighted by molar-refractivity contribution is 9.10. The molecule has 0 saturated carbocycles. The van der Waals surface area contributed by atoms with Gasteiger partial charge in [0.1, 0.15) is 0 Å².